The first-order valence-electron chi connectivity index (χ1n) is 2.71. The van der Waals surface area contributed by atoms with Crippen LogP contribution >= 0.6 is 0 Å². The zero-order chi connectivity index (χ0) is 7.98. The third kappa shape index (κ3) is 5.25. The Morgan fingerprint density at radius 1 is 1.55 bits per heavy atom. The van der Waals surface area contributed by atoms with Gasteiger partial charge in [0.25, 0.3) is 0 Å². The average Bonchev–Trinajstić information content (AvgIpc) is 1.91. The largest absolute Gasteiger partial charge is 1.00 e. The van der Waals surface area contributed by atoms with Crippen molar-refractivity contribution in [1.82, 2.24) is 5.32 Å². The maximum atomic E-state index is 10.6. The predicted octanol–water partition coefficient (Wildman–Crippen LogP) is -3.25. The Kier molecular flexibility index (Phi) is 9.92. The van der Waals surface area contributed by atoms with Gasteiger partial charge in [0.15, 0.2) is 0 Å². The number of carbonyl (C=O) groups is 1. The van der Waals surface area contributed by atoms with E-state index < -0.39 is 11.8 Å². The summed E-state index contributed by atoms with van der Waals surface area (Å²) >= 11 is 0. The van der Waals surface area contributed by atoms with Gasteiger partial charge in [-0.3, -0.25) is 0 Å². The van der Waals surface area contributed by atoms with Crippen molar-refractivity contribution < 1.29 is 56.2 Å². The molecule has 52 valence electrons. The fourth-order valence-corrected chi connectivity index (χ4v) is 0.375. The summed E-state index contributed by atoms with van der Waals surface area (Å²) < 4.78 is 0. The summed E-state index contributed by atoms with van der Waals surface area (Å²) in [5.41, 5.74) is 0. The van der Waals surface area contributed by atoms with Gasteiger partial charge in [0.2, 0.25) is 0 Å². The molecule has 0 aliphatic rings. The zero-order valence-corrected chi connectivity index (χ0v) is 9.63. The second kappa shape index (κ2) is 8.06. The quantitative estimate of drug-likeness (QED) is 0.354. The van der Waals surface area contributed by atoms with Crippen LogP contribution in [-0.4, -0.2) is 12.5 Å². The zero-order valence-electron chi connectivity index (χ0n) is 6.51. The first-order chi connectivity index (χ1) is 4.76. The minimum atomic E-state index is -0.604. The van der Waals surface area contributed by atoms with Crippen LogP contribution in [0.3, 0.4) is 0 Å². The van der Waals surface area contributed by atoms with Crippen molar-refractivity contribution >= 4 is 5.91 Å². The van der Waals surface area contributed by atoms with Crippen LogP contribution in [0.2, 0.25) is 0 Å². The maximum absolute atomic E-state index is 10.6. The van der Waals surface area contributed by atoms with Gasteiger partial charge < -0.3 is 10.1 Å². The number of hydrogen-bond acceptors (Lipinski definition) is 3. The van der Waals surface area contributed by atoms with Crippen LogP contribution in [0.25, 0.3) is 0 Å². The molecule has 1 N–H and O–H groups in total. The van der Waals surface area contributed by atoms with Crippen LogP contribution in [0, 0.1) is 28.6 Å². The van der Waals surface area contributed by atoms with Crippen molar-refractivity contribution in [2.75, 3.05) is 6.54 Å². The first kappa shape index (κ1) is 13.5. The molecular formula is C6H6KN3O. The molecule has 0 aliphatic heterocycles. The predicted molar refractivity (Wildman–Crippen MR) is 33.2 cm³/mol. The molecule has 0 spiro atoms. The standard InChI is InChI=1S/C6H6N3O.K/c1-2-9-6(10)5(3-7)4-8;/h2H2,1H3,(H,9,10);/q-1;+1. The van der Waals surface area contributed by atoms with E-state index in [4.69, 9.17) is 10.5 Å². The van der Waals surface area contributed by atoms with Crippen molar-refractivity contribution in [3.63, 3.8) is 0 Å². The Labute approximate surface area is 108 Å². The number of rotatable bonds is 2. The molecule has 0 rings (SSSR count). The summed E-state index contributed by atoms with van der Waals surface area (Å²) in [5, 5.41) is 18.6. The van der Waals surface area contributed by atoms with E-state index in [9.17, 15) is 4.79 Å². The normalized spacial score (nSPS) is 6.45. The second-order valence-electron chi connectivity index (χ2n) is 1.46. The van der Waals surface area contributed by atoms with Gasteiger partial charge in [-0.25, -0.2) is 10.5 Å². The molecule has 0 radical (unpaired) electrons. The van der Waals surface area contributed by atoms with E-state index in [1.807, 2.05) is 0 Å². The molecule has 0 aromatic heterocycles. The van der Waals surface area contributed by atoms with Gasteiger partial charge >= 0.3 is 51.4 Å². The minimum absolute atomic E-state index is 0. The number of nitrogens with one attached hydrogen (secondary N) is 1. The SMILES string of the molecule is CCNC(=O)[C-](C#N)C#N.[K+]. The summed E-state index contributed by atoms with van der Waals surface area (Å²) in [6, 6.07) is 2.96. The van der Waals surface area contributed by atoms with Gasteiger partial charge in [-0.1, -0.05) is 18.1 Å². The van der Waals surface area contributed by atoms with Crippen LogP contribution in [0.4, 0.5) is 0 Å². The molecule has 0 atom stereocenters. The monoisotopic (exact) mass is 175 g/mol. The first-order valence-corrected chi connectivity index (χ1v) is 2.71. The molecule has 0 aliphatic carbocycles. The average molecular weight is 175 g/mol. The molecular weight excluding hydrogens is 169 g/mol. The number of nitrogens with zero attached hydrogens (tertiary/aromatic N) is 2. The Morgan fingerprint density at radius 3 is 2.27 bits per heavy atom. The van der Waals surface area contributed by atoms with Crippen LogP contribution in [0.1, 0.15) is 6.92 Å². The van der Waals surface area contributed by atoms with Gasteiger partial charge in [0, 0.05) is 6.54 Å². The summed E-state index contributed by atoms with van der Waals surface area (Å²) in [7, 11) is 0. The smallest absolute Gasteiger partial charge is 0.379 e. The van der Waals surface area contributed by atoms with E-state index in [1.165, 1.54) is 12.1 Å². The van der Waals surface area contributed by atoms with Crippen molar-refractivity contribution in [2.45, 2.75) is 6.92 Å². The van der Waals surface area contributed by atoms with Crippen molar-refractivity contribution in [1.29, 1.82) is 10.5 Å². The van der Waals surface area contributed by atoms with Gasteiger partial charge in [0.05, 0.1) is 0 Å². The third-order valence-electron chi connectivity index (χ3n) is 0.788. The molecule has 0 saturated carbocycles. The van der Waals surface area contributed by atoms with E-state index in [0.29, 0.717) is 6.54 Å². The molecule has 0 unspecified atom stereocenters. The number of nitriles is 2. The van der Waals surface area contributed by atoms with Gasteiger partial charge in [-0.05, 0) is 6.92 Å². The minimum Gasteiger partial charge on any atom is -0.379 e. The van der Waals surface area contributed by atoms with E-state index in [2.05, 4.69) is 5.32 Å². The van der Waals surface area contributed by atoms with Gasteiger partial charge in [-0.15, -0.1) is 0 Å². The van der Waals surface area contributed by atoms with E-state index in [0.717, 1.165) is 0 Å². The Balaban J connectivity index is 0. The van der Waals surface area contributed by atoms with E-state index >= 15 is 0 Å². The summed E-state index contributed by atoms with van der Waals surface area (Å²) in [6.07, 6.45) is 0. The molecule has 4 nitrogen and oxygen atoms in total. The number of hydrogen-bond donors (Lipinski definition) is 1. The van der Waals surface area contributed by atoms with Gasteiger partial charge in [0.1, 0.15) is 5.91 Å². The summed E-state index contributed by atoms with van der Waals surface area (Å²) in [4.78, 5) is 10.6. The Hall–Kier alpha value is -0.0436. The Morgan fingerprint density at radius 2 is 2.00 bits per heavy atom. The molecule has 0 bridgehead atoms. The maximum Gasteiger partial charge on any atom is 1.00 e. The van der Waals surface area contributed by atoms with E-state index in [-0.39, 0.29) is 51.4 Å². The fourth-order valence-electron chi connectivity index (χ4n) is 0.375. The topological polar surface area (TPSA) is 76.7 Å². The van der Waals surface area contributed by atoms with Gasteiger partial charge in [-0.2, -0.15) is 0 Å². The van der Waals surface area contributed by atoms with Crippen molar-refractivity contribution in [3.8, 4) is 12.1 Å². The molecule has 1 amide bonds. The van der Waals surface area contributed by atoms with Crippen molar-refractivity contribution in [3.05, 3.63) is 5.92 Å². The van der Waals surface area contributed by atoms with Crippen LogP contribution in [-0.2, 0) is 4.79 Å². The molecule has 0 heterocycles. The van der Waals surface area contributed by atoms with Crippen LogP contribution < -0.4 is 56.7 Å². The fraction of sp³-hybridized carbons (Fsp3) is 0.333. The molecule has 0 aromatic rings. The summed E-state index contributed by atoms with van der Waals surface area (Å²) in [6.45, 7) is 2.13. The van der Waals surface area contributed by atoms with Crippen LogP contribution in [0.5, 0.6) is 0 Å². The second-order valence-corrected chi connectivity index (χ2v) is 1.46. The summed E-state index contributed by atoms with van der Waals surface area (Å²) in [5.74, 6) is -1.01. The molecule has 0 saturated heterocycles. The Bertz CT molecular complexity index is 189. The molecule has 5 heteroatoms. The molecule has 0 fully saturated rings. The molecule has 0 aromatic carbocycles. The number of amides is 1. The van der Waals surface area contributed by atoms with Crippen LogP contribution in [0.15, 0.2) is 0 Å². The third-order valence-corrected chi connectivity index (χ3v) is 0.788. The van der Waals surface area contributed by atoms with E-state index in [1.54, 1.807) is 6.92 Å². The number of carbonyl (C=O) groups excluding carboxylic acids is 1. The van der Waals surface area contributed by atoms with Crippen molar-refractivity contribution in [2.24, 2.45) is 0 Å². The molecule has 11 heavy (non-hydrogen) atoms.